The van der Waals surface area contributed by atoms with E-state index in [0.717, 1.165) is 23.5 Å². The fourth-order valence-electron chi connectivity index (χ4n) is 13.7. The standard InChI is InChI=1S/C64H80N11O10PS/c1-8-73-47-29-26-41-37(2)17-14-18-43(41)55(47)63(4,5)51(73)22-10-9-11-23-52-64(6,7)56-44-19-15-21-50(87(83,84)85)42(44)27-30-48(56)74(52)32-13-12-24-53(77)67-35-39-34-40-25-28-49-60(81)70-45(20-16-31-66-62(65)72-86)58(79)68-36-54(78)69-46(33-38(3)76)59(80)71-57(39)61(82)75(40)49/h9-11,14-15,17-19,21-23,26-27,29-30,39-40,45-46,49,57H,8,12-13,16,20,24-25,28,31-36,86H2,1-7H3,(H8-,65,66,67,68,69,70,71,72,77,78,79,80,81,83,84,85)/p+1/t39-,40-,45-,46-,49-,57+/m0/s1. The number of unbranched alkanes of at least 4 members (excludes halogenated alkanes) is 1. The topological polar surface area (TPSA) is 294 Å². The highest BCUT2D eigenvalue weighted by Gasteiger charge is 2.51. The Labute approximate surface area is 510 Å². The van der Waals surface area contributed by atoms with Crippen LogP contribution in [-0.4, -0.2) is 138 Å². The maximum atomic E-state index is 14.7. The van der Waals surface area contributed by atoms with Gasteiger partial charge in [-0.1, -0.05) is 68.5 Å². The molecule has 0 aliphatic carbocycles. The number of ketones is 1. The molecule has 9 rings (SSSR count). The van der Waals surface area contributed by atoms with Crippen LogP contribution < -0.4 is 42.3 Å². The monoisotopic (exact) mass is 1230 g/mol. The van der Waals surface area contributed by atoms with Crippen molar-refractivity contribution in [3.8, 4) is 0 Å². The number of allylic oxidation sites excluding steroid dienone is 6. The second-order valence-corrected chi connectivity index (χ2v) is 26.0. The number of nitrogens with two attached hydrogens (primary N) is 1. The molecule has 0 aromatic heterocycles. The van der Waals surface area contributed by atoms with Crippen molar-refractivity contribution in [1.29, 1.82) is 0 Å². The Bertz CT molecular complexity index is 3720. The number of hydrogen-bond acceptors (Lipinski definition) is 11. The van der Waals surface area contributed by atoms with Crippen LogP contribution in [0.15, 0.2) is 107 Å². The van der Waals surface area contributed by atoms with E-state index in [1.165, 1.54) is 51.2 Å². The summed E-state index contributed by atoms with van der Waals surface area (Å²) in [4.78, 5) is 104. The predicted octanol–water partition coefficient (Wildman–Crippen LogP) is 5.44. The molecule has 5 heterocycles. The number of carbonyl (C=O) groups excluding carboxylic acids is 7. The lowest BCUT2D eigenvalue weighted by Gasteiger charge is -2.42. The highest BCUT2D eigenvalue weighted by molar-refractivity contribution is 7.86. The van der Waals surface area contributed by atoms with E-state index in [1.54, 1.807) is 12.1 Å². The maximum absolute atomic E-state index is 14.7. The quantitative estimate of drug-likeness (QED) is 0.0117. The Morgan fingerprint density at radius 3 is 2.31 bits per heavy atom. The minimum absolute atomic E-state index is 0.00304. The molecule has 5 aliphatic rings. The van der Waals surface area contributed by atoms with E-state index in [1.807, 2.05) is 24.3 Å². The molecule has 9 N–H and O–H groups in total. The molecule has 6 amide bonds. The maximum Gasteiger partial charge on any atom is 0.295 e. The number of aryl methyl sites for hydroxylation is 1. The first kappa shape index (κ1) is 63.7. The van der Waals surface area contributed by atoms with Crippen molar-refractivity contribution in [2.45, 2.75) is 152 Å². The van der Waals surface area contributed by atoms with E-state index >= 15 is 0 Å². The number of hydrogen-bond donors (Lipinski definition) is 8. The lowest BCUT2D eigenvalue weighted by Crippen LogP contribution is -2.65. The van der Waals surface area contributed by atoms with Gasteiger partial charge in [0.1, 0.15) is 41.4 Å². The van der Waals surface area contributed by atoms with Crippen LogP contribution in [-0.2, 0) is 54.5 Å². The minimum Gasteiger partial charge on any atom is -0.370 e. The van der Waals surface area contributed by atoms with Crippen molar-refractivity contribution in [3.63, 3.8) is 0 Å². The van der Waals surface area contributed by atoms with Gasteiger partial charge in [0.2, 0.25) is 41.1 Å². The number of nitrogens with one attached hydrogen (secondary N) is 6. The zero-order valence-corrected chi connectivity index (χ0v) is 52.5. The predicted molar refractivity (Wildman–Crippen MR) is 339 cm³/mol. The average molecular weight is 1230 g/mol. The number of likely N-dealkylation sites (N-methyl/N-ethyl adjacent to an activating group) is 1. The number of amides is 6. The van der Waals surface area contributed by atoms with Crippen LogP contribution in [0.1, 0.15) is 116 Å². The average Bonchev–Trinajstić information content (AvgIpc) is 1.62. The summed E-state index contributed by atoms with van der Waals surface area (Å²) in [5.74, 6) is -4.55. The Morgan fingerprint density at radius 2 is 1.59 bits per heavy atom. The molecule has 462 valence electrons. The number of aliphatic imine (C=N–C) groups is 1. The molecule has 7 atom stereocenters. The van der Waals surface area contributed by atoms with E-state index in [9.17, 15) is 46.5 Å². The molecular weight excluding hydrogens is 1150 g/mol. The lowest BCUT2D eigenvalue weighted by atomic mass is 9.79. The molecule has 4 aromatic rings. The molecule has 21 nitrogen and oxygen atoms in total. The highest BCUT2D eigenvalue weighted by atomic mass is 32.2. The number of fused-ring (bicyclic) bond motifs is 7. The summed E-state index contributed by atoms with van der Waals surface area (Å²) in [6, 6.07) is 14.3. The molecule has 1 unspecified atom stereocenters. The summed E-state index contributed by atoms with van der Waals surface area (Å²) in [5.41, 5.74) is 12.5. The first-order chi connectivity index (χ1) is 41.4. The van der Waals surface area contributed by atoms with Crippen molar-refractivity contribution in [1.82, 2.24) is 36.6 Å². The summed E-state index contributed by atoms with van der Waals surface area (Å²) < 4.78 is 37.8. The van der Waals surface area contributed by atoms with E-state index in [0.29, 0.717) is 49.4 Å². The van der Waals surface area contributed by atoms with Crippen molar-refractivity contribution in [2.24, 2.45) is 16.6 Å². The fourth-order valence-corrected chi connectivity index (χ4v) is 14.5. The van der Waals surface area contributed by atoms with Gasteiger partial charge in [-0.25, -0.2) is 0 Å². The minimum atomic E-state index is -4.55. The van der Waals surface area contributed by atoms with Gasteiger partial charge in [0.05, 0.1) is 12.0 Å². The van der Waals surface area contributed by atoms with Crippen LogP contribution in [0.4, 0.5) is 11.4 Å². The molecular formula is C64H81N11O10PS+. The molecule has 3 fully saturated rings. The molecule has 2 bridgehead atoms. The number of benzene rings is 4. The van der Waals surface area contributed by atoms with E-state index in [4.69, 9.17) is 5.73 Å². The van der Waals surface area contributed by atoms with Crippen molar-refractivity contribution < 1.29 is 51.1 Å². The normalized spacial score (nSPS) is 23.6. The van der Waals surface area contributed by atoms with Gasteiger partial charge in [-0.3, -0.25) is 43.1 Å². The Morgan fingerprint density at radius 1 is 0.851 bits per heavy atom. The smallest absolute Gasteiger partial charge is 0.295 e. The van der Waals surface area contributed by atoms with Gasteiger partial charge in [0.15, 0.2) is 11.7 Å². The number of nitrogens with zero attached hydrogens (tertiary/aromatic N) is 4. The van der Waals surface area contributed by atoms with Crippen molar-refractivity contribution in [3.05, 3.63) is 113 Å². The Hall–Kier alpha value is -7.81. The molecule has 0 saturated carbocycles. The lowest BCUT2D eigenvalue weighted by molar-refractivity contribution is -0.438. The molecule has 5 aliphatic heterocycles. The molecule has 23 heteroatoms. The first-order valence-corrected chi connectivity index (χ1v) is 32.0. The van der Waals surface area contributed by atoms with Crippen molar-refractivity contribution in [2.75, 3.05) is 37.6 Å². The summed E-state index contributed by atoms with van der Waals surface area (Å²) in [6.45, 7) is 15.2. The summed E-state index contributed by atoms with van der Waals surface area (Å²) in [5, 5.41) is 19.9. The summed E-state index contributed by atoms with van der Waals surface area (Å²) >= 11 is 0. The van der Waals surface area contributed by atoms with Gasteiger partial charge in [0.25, 0.3) is 10.1 Å². The van der Waals surface area contributed by atoms with E-state index in [2.05, 4.69) is 146 Å². The third-order valence-corrected chi connectivity index (χ3v) is 19.0. The van der Waals surface area contributed by atoms with Crippen LogP contribution in [0.2, 0.25) is 0 Å². The van der Waals surface area contributed by atoms with Gasteiger partial charge >= 0.3 is 0 Å². The van der Waals surface area contributed by atoms with Crippen LogP contribution in [0, 0.1) is 12.8 Å². The van der Waals surface area contributed by atoms with Crippen molar-refractivity contribution >= 4 is 105 Å². The SMILES string of the molecule is CCN1C(=CC=CC=CC2=[N+](CCCCC(=O)NC[C@@H]3C[C@@H]4CC[C@H]5C(=O)N[C@@H](CCCN=C(N)NP)C(=O)NCC(=O)N[C@@H](CC(C)=O)C(=O)N[C@H]3C(=O)N45)c3ccc4c(S(=O)(=O)O)cccc4c3C2(C)C)C(C)(C)c2c1ccc1c(C)cccc21. The van der Waals surface area contributed by atoms with Gasteiger partial charge in [-0.15, -0.1) is 0 Å². The van der Waals surface area contributed by atoms with Gasteiger partial charge in [-0.2, -0.15) is 13.0 Å². The van der Waals surface area contributed by atoms with E-state index < -0.39 is 99.9 Å². The highest BCUT2D eigenvalue weighted by Crippen LogP contribution is 2.51. The number of rotatable bonds is 18. The number of Topliss-reactive ketones (excluding diaryl/α,β-unsaturated/α-hetero) is 1. The molecule has 3 saturated heterocycles. The molecule has 0 spiro atoms. The second kappa shape index (κ2) is 26.3. The van der Waals surface area contributed by atoms with Crippen LogP contribution in [0.3, 0.4) is 0 Å². The zero-order valence-electron chi connectivity index (χ0n) is 50.5. The Balaban J connectivity index is 0.921. The van der Waals surface area contributed by atoms with Crippen LogP contribution >= 0.6 is 9.39 Å². The number of piperidine rings is 1. The summed E-state index contributed by atoms with van der Waals surface area (Å²) in [7, 11) is -2.32. The van der Waals surface area contributed by atoms with Crippen LogP contribution in [0.25, 0.3) is 21.5 Å². The number of anilines is 1. The largest absolute Gasteiger partial charge is 0.370 e. The number of carbonyl (C=O) groups is 7. The van der Waals surface area contributed by atoms with Gasteiger partial charge < -0.3 is 47.2 Å². The van der Waals surface area contributed by atoms with Gasteiger partial charge in [-0.05, 0) is 134 Å². The zero-order chi connectivity index (χ0) is 62.7. The third-order valence-electron chi connectivity index (χ3n) is 17.8. The second-order valence-electron chi connectivity index (χ2n) is 24.3. The number of guanidine groups is 1. The Kier molecular flexibility index (Phi) is 19.2. The first-order valence-electron chi connectivity index (χ1n) is 29.9. The molecule has 4 aromatic carbocycles. The summed E-state index contributed by atoms with van der Waals surface area (Å²) in [6.07, 6.45) is 12.6. The van der Waals surface area contributed by atoms with E-state index in [-0.39, 0.29) is 54.5 Å². The molecule has 87 heavy (non-hydrogen) atoms. The van der Waals surface area contributed by atoms with Gasteiger partial charge in [0, 0.05) is 90.7 Å². The third kappa shape index (κ3) is 13.2. The van der Waals surface area contributed by atoms with Crippen LogP contribution in [0.5, 0.6) is 0 Å². The molecule has 0 radical (unpaired) electrons. The fraction of sp³-hybridized carbons (Fsp3) is 0.453.